The summed E-state index contributed by atoms with van der Waals surface area (Å²) in [6.07, 6.45) is 5.64. The molecule has 2 aromatic carbocycles. The molecule has 170 valence electrons. The standard InChI is InChI=1S/C24H30N6O.HI/c1-25-24(27-17-20-5-3-6-21(15-20)18-28-10-9-26-19-28)30-13-11-29(12-14-30)22-7-4-8-23(16-22)31-2;/h3-10,15-16,19H,11-14,17-18H2,1-2H3,(H,25,27);1H. The highest BCUT2D eigenvalue weighted by atomic mass is 127. The Balaban J connectivity index is 0.00000289. The van der Waals surface area contributed by atoms with Gasteiger partial charge in [-0.2, -0.15) is 0 Å². The van der Waals surface area contributed by atoms with Crippen LogP contribution in [0, 0.1) is 0 Å². The normalized spacial score (nSPS) is 14.1. The summed E-state index contributed by atoms with van der Waals surface area (Å²) in [6, 6.07) is 16.9. The number of hydrogen-bond acceptors (Lipinski definition) is 4. The number of piperazine rings is 1. The van der Waals surface area contributed by atoms with Gasteiger partial charge in [0.1, 0.15) is 5.75 Å². The van der Waals surface area contributed by atoms with Crippen molar-refractivity contribution in [3.05, 3.63) is 78.4 Å². The minimum absolute atomic E-state index is 0. The van der Waals surface area contributed by atoms with Crippen LogP contribution < -0.4 is 15.0 Å². The molecule has 2 heterocycles. The summed E-state index contributed by atoms with van der Waals surface area (Å²) >= 11 is 0. The maximum Gasteiger partial charge on any atom is 0.194 e. The first-order chi connectivity index (χ1) is 15.2. The van der Waals surface area contributed by atoms with E-state index < -0.39 is 0 Å². The summed E-state index contributed by atoms with van der Waals surface area (Å²) in [4.78, 5) is 13.4. The molecule has 0 saturated carbocycles. The second-order valence-electron chi connectivity index (χ2n) is 7.63. The SMILES string of the molecule is CN=C(NCc1cccc(Cn2ccnc2)c1)N1CCN(c2cccc(OC)c2)CC1.I. The fraction of sp³-hybridized carbons (Fsp3) is 0.333. The number of rotatable bonds is 6. The van der Waals surface area contributed by atoms with Crippen LogP contribution in [0.3, 0.4) is 0 Å². The molecule has 3 aromatic rings. The molecular formula is C24H31IN6O. The van der Waals surface area contributed by atoms with Crippen molar-refractivity contribution in [2.45, 2.75) is 13.1 Å². The molecular weight excluding hydrogens is 515 g/mol. The number of ether oxygens (including phenoxy) is 1. The van der Waals surface area contributed by atoms with Crippen molar-refractivity contribution in [1.82, 2.24) is 19.8 Å². The van der Waals surface area contributed by atoms with E-state index >= 15 is 0 Å². The van der Waals surface area contributed by atoms with Crippen LogP contribution in [0.1, 0.15) is 11.1 Å². The minimum atomic E-state index is 0. The molecule has 0 radical (unpaired) electrons. The van der Waals surface area contributed by atoms with Gasteiger partial charge in [-0.15, -0.1) is 24.0 Å². The number of nitrogens with one attached hydrogen (secondary N) is 1. The van der Waals surface area contributed by atoms with Gasteiger partial charge in [0.25, 0.3) is 0 Å². The first-order valence-electron chi connectivity index (χ1n) is 10.6. The van der Waals surface area contributed by atoms with E-state index in [2.05, 4.69) is 66.1 Å². The molecule has 0 spiro atoms. The lowest BCUT2D eigenvalue weighted by atomic mass is 10.1. The van der Waals surface area contributed by atoms with Crippen molar-refractivity contribution in [3.8, 4) is 5.75 Å². The Labute approximate surface area is 207 Å². The molecule has 1 N–H and O–H groups in total. The zero-order valence-electron chi connectivity index (χ0n) is 18.6. The maximum atomic E-state index is 5.36. The largest absolute Gasteiger partial charge is 0.497 e. The third-order valence-electron chi connectivity index (χ3n) is 5.58. The third-order valence-corrected chi connectivity index (χ3v) is 5.58. The molecule has 1 aliphatic rings. The van der Waals surface area contributed by atoms with Crippen LogP contribution in [0.4, 0.5) is 5.69 Å². The van der Waals surface area contributed by atoms with Gasteiger partial charge in [-0.1, -0.05) is 30.3 Å². The Bertz CT molecular complexity index is 999. The van der Waals surface area contributed by atoms with E-state index in [0.29, 0.717) is 0 Å². The number of nitrogens with zero attached hydrogens (tertiary/aromatic N) is 5. The Morgan fingerprint density at radius 2 is 1.84 bits per heavy atom. The highest BCUT2D eigenvalue weighted by molar-refractivity contribution is 14.0. The number of aliphatic imine (C=N–C) groups is 1. The molecule has 1 saturated heterocycles. The van der Waals surface area contributed by atoms with Gasteiger partial charge in [0.2, 0.25) is 0 Å². The van der Waals surface area contributed by atoms with Gasteiger partial charge in [-0.25, -0.2) is 4.98 Å². The van der Waals surface area contributed by atoms with Gasteiger partial charge >= 0.3 is 0 Å². The van der Waals surface area contributed by atoms with Crippen LogP contribution in [-0.4, -0.2) is 60.7 Å². The number of anilines is 1. The zero-order chi connectivity index (χ0) is 21.5. The lowest BCUT2D eigenvalue weighted by molar-refractivity contribution is 0.372. The number of guanidine groups is 1. The predicted molar refractivity (Wildman–Crippen MR) is 140 cm³/mol. The summed E-state index contributed by atoms with van der Waals surface area (Å²) in [7, 11) is 3.56. The monoisotopic (exact) mass is 546 g/mol. The number of hydrogen-bond donors (Lipinski definition) is 1. The number of imidazole rings is 1. The molecule has 8 heteroatoms. The van der Waals surface area contributed by atoms with Gasteiger partial charge in [0.15, 0.2) is 5.96 Å². The molecule has 32 heavy (non-hydrogen) atoms. The van der Waals surface area contributed by atoms with Crippen LogP contribution >= 0.6 is 24.0 Å². The van der Waals surface area contributed by atoms with E-state index in [4.69, 9.17) is 4.74 Å². The summed E-state index contributed by atoms with van der Waals surface area (Å²) in [5.74, 6) is 1.85. The Morgan fingerprint density at radius 1 is 1.06 bits per heavy atom. The first kappa shape index (κ1) is 23.9. The van der Waals surface area contributed by atoms with E-state index in [1.807, 2.05) is 37.9 Å². The van der Waals surface area contributed by atoms with Crippen molar-refractivity contribution in [3.63, 3.8) is 0 Å². The molecule has 7 nitrogen and oxygen atoms in total. The number of benzene rings is 2. The molecule has 1 fully saturated rings. The Morgan fingerprint density at radius 3 is 2.56 bits per heavy atom. The lowest BCUT2D eigenvalue weighted by Gasteiger charge is -2.37. The summed E-state index contributed by atoms with van der Waals surface area (Å²) in [5.41, 5.74) is 3.71. The number of halogens is 1. The van der Waals surface area contributed by atoms with Gasteiger partial charge in [-0.3, -0.25) is 4.99 Å². The van der Waals surface area contributed by atoms with Crippen molar-refractivity contribution in [2.75, 3.05) is 45.2 Å². The second-order valence-corrected chi connectivity index (χ2v) is 7.63. The summed E-state index contributed by atoms with van der Waals surface area (Å²) in [5, 5.41) is 3.53. The Kier molecular flexibility index (Phi) is 8.78. The van der Waals surface area contributed by atoms with Crippen LogP contribution in [0.5, 0.6) is 5.75 Å². The summed E-state index contributed by atoms with van der Waals surface area (Å²) in [6.45, 7) is 5.34. The van der Waals surface area contributed by atoms with E-state index in [9.17, 15) is 0 Å². The average molecular weight is 546 g/mol. The molecule has 0 atom stereocenters. The van der Waals surface area contributed by atoms with Crippen LogP contribution in [0.2, 0.25) is 0 Å². The van der Waals surface area contributed by atoms with Gasteiger partial charge in [0.05, 0.1) is 13.4 Å². The minimum Gasteiger partial charge on any atom is -0.497 e. The van der Waals surface area contributed by atoms with Crippen LogP contribution in [0.25, 0.3) is 0 Å². The number of methoxy groups -OCH3 is 1. The zero-order valence-corrected chi connectivity index (χ0v) is 21.0. The topological polar surface area (TPSA) is 57.9 Å². The van der Waals surface area contributed by atoms with Crippen molar-refractivity contribution >= 4 is 35.6 Å². The van der Waals surface area contributed by atoms with Gasteiger partial charge < -0.3 is 24.4 Å². The van der Waals surface area contributed by atoms with E-state index in [1.54, 1.807) is 7.11 Å². The van der Waals surface area contributed by atoms with E-state index in [-0.39, 0.29) is 24.0 Å². The quantitative estimate of drug-likeness (QED) is 0.292. The molecule has 4 rings (SSSR count). The van der Waals surface area contributed by atoms with Crippen LogP contribution in [0.15, 0.2) is 72.2 Å². The van der Waals surface area contributed by atoms with Crippen LogP contribution in [-0.2, 0) is 13.1 Å². The van der Waals surface area contributed by atoms with Gasteiger partial charge in [0, 0.05) is 70.5 Å². The number of aromatic nitrogens is 2. The highest BCUT2D eigenvalue weighted by Gasteiger charge is 2.20. The molecule has 0 amide bonds. The third kappa shape index (κ3) is 6.15. The van der Waals surface area contributed by atoms with Crippen molar-refractivity contribution < 1.29 is 4.74 Å². The lowest BCUT2D eigenvalue weighted by Crippen LogP contribution is -2.52. The molecule has 0 unspecified atom stereocenters. The fourth-order valence-corrected chi connectivity index (χ4v) is 3.93. The van der Waals surface area contributed by atoms with E-state index in [0.717, 1.165) is 51.0 Å². The highest BCUT2D eigenvalue weighted by Crippen LogP contribution is 2.22. The molecule has 1 aromatic heterocycles. The second kappa shape index (κ2) is 11.8. The van der Waals surface area contributed by atoms with Crippen molar-refractivity contribution in [2.24, 2.45) is 4.99 Å². The molecule has 0 aliphatic carbocycles. The average Bonchev–Trinajstić information content (AvgIpc) is 3.33. The van der Waals surface area contributed by atoms with Gasteiger partial charge in [-0.05, 0) is 23.3 Å². The van der Waals surface area contributed by atoms with Crippen molar-refractivity contribution in [1.29, 1.82) is 0 Å². The van der Waals surface area contributed by atoms with E-state index in [1.165, 1.54) is 16.8 Å². The summed E-state index contributed by atoms with van der Waals surface area (Å²) < 4.78 is 7.44. The molecule has 0 bridgehead atoms. The molecule has 1 aliphatic heterocycles. The first-order valence-corrected chi connectivity index (χ1v) is 10.6. The Hall–Kier alpha value is -2.75. The smallest absolute Gasteiger partial charge is 0.194 e. The fourth-order valence-electron chi connectivity index (χ4n) is 3.93. The predicted octanol–water partition coefficient (Wildman–Crippen LogP) is 3.46. The maximum absolute atomic E-state index is 5.36.